The van der Waals surface area contributed by atoms with Crippen molar-refractivity contribution in [3.05, 3.63) is 0 Å². The van der Waals surface area contributed by atoms with Gasteiger partial charge in [0.1, 0.15) is 0 Å². The summed E-state index contributed by atoms with van der Waals surface area (Å²) in [6.45, 7) is 1.66. The lowest BCUT2D eigenvalue weighted by Crippen LogP contribution is -2.39. The van der Waals surface area contributed by atoms with Crippen LogP contribution in [0.3, 0.4) is 0 Å². The molecule has 1 aliphatic heterocycles. The smallest absolute Gasteiger partial charge is 0.223 e. The lowest BCUT2D eigenvalue weighted by molar-refractivity contribution is -0.130. The molecule has 0 saturated carbocycles. The minimum Gasteiger partial charge on any atom is -0.341 e. The van der Waals surface area contributed by atoms with Crippen molar-refractivity contribution in [1.29, 1.82) is 0 Å². The van der Waals surface area contributed by atoms with Gasteiger partial charge in [0.05, 0.1) is 0 Å². The second-order valence-corrected chi connectivity index (χ2v) is 4.82. The highest BCUT2D eigenvalue weighted by Crippen LogP contribution is 2.11. The molecule has 1 saturated heterocycles. The number of nitrogens with two attached hydrogens (primary N) is 1. The number of hydrogen-bond acceptors (Lipinski definition) is 3. The Morgan fingerprint density at radius 2 is 2.36 bits per heavy atom. The third-order valence-corrected chi connectivity index (χ3v) is 3.19. The molecule has 14 heavy (non-hydrogen) atoms. The highest BCUT2D eigenvalue weighted by molar-refractivity contribution is 7.98. The predicted molar refractivity (Wildman–Crippen MR) is 61.4 cm³/mol. The molecule has 1 amide bonds. The topological polar surface area (TPSA) is 46.3 Å². The Hall–Kier alpha value is -0.220. The number of rotatable bonds is 3. The zero-order valence-electron chi connectivity index (χ0n) is 8.87. The molecule has 3 nitrogen and oxygen atoms in total. The summed E-state index contributed by atoms with van der Waals surface area (Å²) in [4.78, 5) is 13.7. The molecule has 0 aromatic rings. The molecule has 1 aliphatic rings. The Bertz CT molecular complexity index is 187. The monoisotopic (exact) mass is 216 g/mol. The van der Waals surface area contributed by atoms with Crippen LogP contribution < -0.4 is 5.73 Å². The van der Waals surface area contributed by atoms with E-state index < -0.39 is 0 Å². The first-order chi connectivity index (χ1) is 6.74. The zero-order valence-corrected chi connectivity index (χ0v) is 9.68. The van der Waals surface area contributed by atoms with Crippen molar-refractivity contribution >= 4 is 17.7 Å². The molecule has 1 rings (SSSR count). The molecule has 0 radical (unpaired) electrons. The second-order valence-electron chi connectivity index (χ2n) is 3.84. The first-order valence-electron chi connectivity index (χ1n) is 5.26. The summed E-state index contributed by atoms with van der Waals surface area (Å²) >= 11 is 1.72. The maximum absolute atomic E-state index is 11.7. The molecule has 1 unspecified atom stereocenters. The van der Waals surface area contributed by atoms with E-state index in [1.165, 1.54) is 0 Å². The van der Waals surface area contributed by atoms with Crippen molar-refractivity contribution in [2.45, 2.75) is 31.7 Å². The van der Waals surface area contributed by atoms with Gasteiger partial charge in [0.15, 0.2) is 0 Å². The average molecular weight is 216 g/mol. The fraction of sp³-hybridized carbons (Fsp3) is 0.900. The molecule has 1 fully saturated rings. The third kappa shape index (κ3) is 3.88. The van der Waals surface area contributed by atoms with Gasteiger partial charge in [0.2, 0.25) is 5.91 Å². The second kappa shape index (κ2) is 6.30. The van der Waals surface area contributed by atoms with Gasteiger partial charge >= 0.3 is 0 Å². The van der Waals surface area contributed by atoms with Crippen molar-refractivity contribution in [1.82, 2.24) is 4.90 Å². The van der Waals surface area contributed by atoms with Crippen LogP contribution >= 0.6 is 11.8 Å². The molecule has 0 spiro atoms. The Kier molecular flexibility index (Phi) is 5.33. The Balaban J connectivity index is 2.36. The molecule has 1 atom stereocenters. The largest absolute Gasteiger partial charge is 0.341 e. The number of amides is 1. The van der Waals surface area contributed by atoms with Gasteiger partial charge in [0, 0.05) is 31.3 Å². The van der Waals surface area contributed by atoms with E-state index >= 15 is 0 Å². The lowest BCUT2D eigenvalue weighted by atomic mass is 10.2. The van der Waals surface area contributed by atoms with Crippen molar-refractivity contribution in [3.8, 4) is 0 Å². The van der Waals surface area contributed by atoms with Gasteiger partial charge in [-0.3, -0.25) is 4.79 Å². The van der Waals surface area contributed by atoms with Gasteiger partial charge in [-0.1, -0.05) is 6.42 Å². The number of carbonyl (C=O) groups excluding carboxylic acids is 1. The van der Waals surface area contributed by atoms with Crippen LogP contribution in [0, 0.1) is 0 Å². The Morgan fingerprint density at radius 1 is 1.57 bits per heavy atom. The van der Waals surface area contributed by atoms with Crippen LogP contribution in [-0.2, 0) is 4.79 Å². The minimum absolute atomic E-state index is 0.190. The molecule has 0 aromatic heterocycles. The van der Waals surface area contributed by atoms with Crippen LogP contribution in [0.4, 0.5) is 0 Å². The van der Waals surface area contributed by atoms with Gasteiger partial charge < -0.3 is 10.6 Å². The fourth-order valence-electron chi connectivity index (χ4n) is 1.75. The van der Waals surface area contributed by atoms with E-state index in [0.29, 0.717) is 6.42 Å². The first-order valence-corrected chi connectivity index (χ1v) is 6.65. The van der Waals surface area contributed by atoms with Crippen molar-refractivity contribution in [2.24, 2.45) is 5.73 Å². The van der Waals surface area contributed by atoms with Gasteiger partial charge in [0.25, 0.3) is 0 Å². The quantitative estimate of drug-likeness (QED) is 0.768. The number of hydrogen-bond donors (Lipinski definition) is 1. The molecule has 0 aromatic carbocycles. The van der Waals surface area contributed by atoms with Gasteiger partial charge in [-0.2, -0.15) is 11.8 Å². The summed E-state index contributed by atoms with van der Waals surface area (Å²) in [6.07, 6.45) is 6.02. The predicted octanol–water partition coefficient (Wildman–Crippen LogP) is 1.08. The molecule has 1 heterocycles. The highest BCUT2D eigenvalue weighted by atomic mass is 32.2. The summed E-state index contributed by atoms with van der Waals surface area (Å²) in [7, 11) is 0. The van der Waals surface area contributed by atoms with E-state index in [0.717, 1.165) is 38.1 Å². The average Bonchev–Trinajstić information content (AvgIpc) is 2.39. The van der Waals surface area contributed by atoms with Crippen molar-refractivity contribution in [3.63, 3.8) is 0 Å². The van der Waals surface area contributed by atoms with E-state index in [9.17, 15) is 4.79 Å². The van der Waals surface area contributed by atoms with Crippen molar-refractivity contribution < 1.29 is 4.79 Å². The standard InChI is InChI=1S/C10H20N2OS/c1-14-7-5-10(13)12-6-3-2-4-9(11)8-12/h9H,2-8,11H2,1H3. The van der Waals surface area contributed by atoms with E-state index in [1.54, 1.807) is 11.8 Å². The van der Waals surface area contributed by atoms with Crippen LogP contribution in [0.2, 0.25) is 0 Å². The Morgan fingerprint density at radius 3 is 3.07 bits per heavy atom. The summed E-state index contributed by atoms with van der Waals surface area (Å²) < 4.78 is 0. The van der Waals surface area contributed by atoms with Gasteiger partial charge in [-0.15, -0.1) is 0 Å². The summed E-state index contributed by atoms with van der Waals surface area (Å²) in [6, 6.07) is 0.190. The van der Waals surface area contributed by atoms with Gasteiger partial charge in [-0.25, -0.2) is 0 Å². The number of likely N-dealkylation sites (tertiary alicyclic amines) is 1. The van der Waals surface area contributed by atoms with Crippen molar-refractivity contribution in [2.75, 3.05) is 25.1 Å². The van der Waals surface area contributed by atoms with Crippen LogP contribution in [0.5, 0.6) is 0 Å². The summed E-state index contributed by atoms with van der Waals surface area (Å²) in [5.41, 5.74) is 5.89. The molecule has 4 heteroatoms. The van der Waals surface area contributed by atoms with Crippen LogP contribution in [0.15, 0.2) is 0 Å². The number of nitrogens with zero attached hydrogens (tertiary/aromatic N) is 1. The van der Waals surface area contributed by atoms with E-state index in [4.69, 9.17) is 5.73 Å². The van der Waals surface area contributed by atoms with Crippen LogP contribution in [0.1, 0.15) is 25.7 Å². The highest BCUT2D eigenvalue weighted by Gasteiger charge is 2.18. The Labute approximate surface area is 90.4 Å². The molecule has 0 aliphatic carbocycles. The molecular formula is C10H20N2OS. The summed E-state index contributed by atoms with van der Waals surface area (Å²) in [5.74, 6) is 1.20. The SMILES string of the molecule is CSCCC(=O)N1CCCCC(N)C1. The van der Waals surface area contributed by atoms with Crippen LogP contribution in [0.25, 0.3) is 0 Å². The third-order valence-electron chi connectivity index (χ3n) is 2.58. The maximum atomic E-state index is 11.7. The van der Waals surface area contributed by atoms with E-state index in [1.807, 2.05) is 11.2 Å². The molecular weight excluding hydrogens is 196 g/mol. The van der Waals surface area contributed by atoms with E-state index in [-0.39, 0.29) is 11.9 Å². The number of thioether (sulfide) groups is 1. The number of carbonyl (C=O) groups is 1. The minimum atomic E-state index is 0.190. The molecule has 82 valence electrons. The van der Waals surface area contributed by atoms with E-state index in [2.05, 4.69) is 0 Å². The first kappa shape index (κ1) is 11.9. The van der Waals surface area contributed by atoms with Gasteiger partial charge in [-0.05, 0) is 19.1 Å². The summed E-state index contributed by atoms with van der Waals surface area (Å²) in [5, 5.41) is 0. The molecule has 0 bridgehead atoms. The zero-order chi connectivity index (χ0) is 10.4. The van der Waals surface area contributed by atoms with Crippen LogP contribution in [-0.4, -0.2) is 41.9 Å². The molecule has 2 N–H and O–H groups in total. The fourth-order valence-corrected chi connectivity index (χ4v) is 2.13. The lowest BCUT2D eigenvalue weighted by Gasteiger charge is -2.22. The maximum Gasteiger partial charge on any atom is 0.223 e. The normalized spacial score (nSPS) is 23.3.